The summed E-state index contributed by atoms with van der Waals surface area (Å²) in [7, 11) is 1.82. The molecule has 1 unspecified atom stereocenters. The van der Waals surface area contributed by atoms with Crippen LogP contribution in [0.15, 0.2) is 0 Å². The van der Waals surface area contributed by atoms with E-state index in [-0.39, 0.29) is 5.60 Å². The second-order valence-corrected chi connectivity index (χ2v) is 3.92. The van der Waals surface area contributed by atoms with Crippen LogP contribution in [-0.2, 0) is 4.74 Å². The minimum Gasteiger partial charge on any atom is -0.373 e. The van der Waals surface area contributed by atoms with Gasteiger partial charge in [0.2, 0.25) is 0 Å². The summed E-state index contributed by atoms with van der Waals surface area (Å²) in [5.41, 5.74) is -0.0963. The van der Waals surface area contributed by atoms with Crippen molar-refractivity contribution in [3.63, 3.8) is 0 Å². The molecule has 0 aromatic carbocycles. The summed E-state index contributed by atoms with van der Waals surface area (Å²) in [6.45, 7) is 4.98. The molecule has 1 fully saturated rings. The van der Waals surface area contributed by atoms with E-state index in [2.05, 4.69) is 24.5 Å². The Balaban J connectivity index is 2.47. The molecule has 0 aliphatic carbocycles. The number of nitrogens with one attached hydrogen (secondary N) is 2. The highest BCUT2D eigenvalue weighted by Crippen LogP contribution is 2.24. The minimum atomic E-state index is -0.0963. The van der Waals surface area contributed by atoms with Crippen LogP contribution in [0.25, 0.3) is 0 Å². The van der Waals surface area contributed by atoms with Crippen molar-refractivity contribution >= 4 is 17.3 Å². The van der Waals surface area contributed by atoms with Crippen molar-refractivity contribution in [1.82, 2.24) is 10.6 Å². The molecule has 0 aromatic heterocycles. The fourth-order valence-corrected chi connectivity index (χ4v) is 1.51. The van der Waals surface area contributed by atoms with Gasteiger partial charge in [0.1, 0.15) is 0 Å². The van der Waals surface area contributed by atoms with Crippen molar-refractivity contribution < 1.29 is 4.74 Å². The van der Waals surface area contributed by atoms with Gasteiger partial charge in [0, 0.05) is 13.7 Å². The first-order chi connectivity index (χ1) is 5.56. The van der Waals surface area contributed by atoms with Gasteiger partial charge in [-0.1, -0.05) is 0 Å². The summed E-state index contributed by atoms with van der Waals surface area (Å²) in [6.07, 6.45) is 1.02. The molecule has 1 aliphatic rings. The summed E-state index contributed by atoms with van der Waals surface area (Å²) >= 11 is 5.02. The molecule has 0 bridgehead atoms. The van der Waals surface area contributed by atoms with E-state index in [4.69, 9.17) is 17.0 Å². The summed E-state index contributed by atoms with van der Waals surface area (Å²) in [4.78, 5) is 0. The third kappa shape index (κ3) is 2.08. The minimum absolute atomic E-state index is 0.0963. The van der Waals surface area contributed by atoms with Crippen molar-refractivity contribution in [2.45, 2.75) is 31.9 Å². The number of rotatable bonds is 1. The van der Waals surface area contributed by atoms with Crippen LogP contribution in [0.5, 0.6) is 0 Å². The van der Waals surface area contributed by atoms with Gasteiger partial charge in [0.25, 0.3) is 0 Å². The van der Waals surface area contributed by atoms with Gasteiger partial charge in [-0.2, -0.15) is 0 Å². The van der Waals surface area contributed by atoms with Crippen LogP contribution < -0.4 is 10.6 Å². The lowest BCUT2D eigenvalue weighted by molar-refractivity contribution is 0.0250. The molecule has 0 spiro atoms. The SMILES string of the molecule is CNC(=S)NC1CCOC1(C)C. The molecule has 1 aliphatic heterocycles. The quantitative estimate of drug-likeness (QED) is 0.592. The van der Waals surface area contributed by atoms with E-state index in [1.165, 1.54) is 0 Å². The lowest BCUT2D eigenvalue weighted by Crippen LogP contribution is -2.48. The number of hydrogen-bond donors (Lipinski definition) is 2. The molecule has 0 amide bonds. The highest BCUT2D eigenvalue weighted by molar-refractivity contribution is 7.80. The molecule has 1 saturated heterocycles. The van der Waals surface area contributed by atoms with Crippen molar-refractivity contribution in [2.24, 2.45) is 0 Å². The normalized spacial score (nSPS) is 26.8. The van der Waals surface area contributed by atoms with Crippen molar-refractivity contribution in [3.8, 4) is 0 Å². The topological polar surface area (TPSA) is 33.3 Å². The maximum atomic E-state index is 5.55. The Kier molecular flexibility index (Phi) is 2.90. The van der Waals surface area contributed by atoms with E-state index in [1.807, 2.05) is 7.05 Å². The molecular formula is C8H16N2OS. The molecule has 3 nitrogen and oxygen atoms in total. The second-order valence-electron chi connectivity index (χ2n) is 3.52. The zero-order valence-electron chi connectivity index (χ0n) is 7.81. The van der Waals surface area contributed by atoms with Crippen LogP contribution >= 0.6 is 12.2 Å². The van der Waals surface area contributed by atoms with Crippen molar-refractivity contribution in [3.05, 3.63) is 0 Å². The van der Waals surface area contributed by atoms with Crippen molar-refractivity contribution in [1.29, 1.82) is 0 Å². The summed E-state index contributed by atoms with van der Waals surface area (Å²) in [5, 5.41) is 6.80. The van der Waals surface area contributed by atoms with Crippen LogP contribution in [0, 0.1) is 0 Å². The molecule has 70 valence electrons. The number of ether oxygens (including phenoxy) is 1. The summed E-state index contributed by atoms with van der Waals surface area (Å²) in [6, 6.07) is 0.331. The zero-order valence-corrected chi connectivity index (χ0v) is 8.62. The Labute approximate surface area is 78.9 Å². The van der Waals surface area contributed by atoms with Crippen molar-refractivity contribution in [2.75, 3.05) is 13.7 Å². The monoisotopic (exact) mass is 188 g/mol. The van der Waals surface area contributed by atoms with Gasteiger partial charge in [-0.25, -0.2) is 0 Å². The van der Waals surface area contributed by atoms with Gasteiger partial charge in [-0.05, 0) is 32.5 Å². The largest absolute Gasteiger partial charge is 0.373 e. The van der Waals surface area contributed by atoms with E-state index < -0.39 is 0 Å². The zero-order chi connectivity index (χ0) is 9.19. The van der Waals surface area contributed by atoms with Crippen LogP contribution in [0.2, 0.25) is 0 Å². The third-order valence-electron chi connectivity index (χ3n) is 2.25. The highest BCUT2D eigenvalue weighted by atomic mass is 32.1. The smallest absolute Gasteiger partial charge is 0.166 e. The standard InChI is InChI=1S/C8H16N2OS/c1-8(2)6(4-5-11-8)10-7(12)9-3/h6H,4-5H2,1-3H3,(H2,9,10,12). The van der Waals surface area contributed by atoms with E-state index >= 15 is 0 Å². The van der Waals surface area contributed by atoms with E-state index in [9.17, 15) is 0 Å². The molecule has 1 atom stereocenters. The van der Waals surface area contributed by atoms with Crippen LogP contribution in [0.1, 0.15) is 20.3 Å². The first kappa shape index (κ1) is 9.74. The first-order valence-corrected chi connectivity index (χ1v) is 4.59. The Hall–Kier alpha value is -0.350. The third-order valence-corrected chi connectivity index (χ3v) is 2.57. The van der Waals surface area contributed by atoms with E-state index in [0.29, 0.717) is 11.2 Å². The Morgan fingerprint density at radius 2 is 2.25 bits per heavy atom. The van der Waals surface area contributed by atoms with Crippen LogP contribution in [0.4, 0.5) is 0 Å². The predicted molar refractivity (Wildman–Crippen MR) is 53.2 cm³/mol. The maximum absolute atomic E-state index is 5.55. The molecule has 1 rings (SSSR count). The van der Waals surface area contributed by atoms with Crippen LogP contribution in [-0.4, -0.2) is 30.4 Å². The molecule has 0 saturated carbocycles. The molecule has 1 heterocycles. The molecule has 4 heteroatoms. The van der Waals surface area contributed by atoms with E-state index in [1.54, 1.807) is 0 Å². The summed E-state index contributed by atoms with van der Waals surface area (Å²) < 4.78 is 5.55. The van der Waals surface area contributed by atoms with Gasteiger partial charge < -0.3 is 15.4 Å². The highest BCUT2D eigenvalue weighted by Gasteiger charge is 2.35. The van der Waals surface area contributed by atoms with Gasteiger partial charge >= 0.3 is 0 Å². The molecule has 2 N–H and O–H groups in total. The predicted octanol–water partition coefficient (Wildman–Crippen LogP) is 0.648. The fraction of sp³-hybridized carbons (Fsp3) is 0.875. The summed E-state index contributed by atoms with van der Waals surface area (Å²) in [5.74, 6) is 0. The number of hydrogen-bond acceptors (Lipinski definition) is 2. The maximum Gasteiger partial charge on any atom is 0.166 e. The molecule has 0 aromatic rings. The second kappa shape index (κ2) is 3.58. The molecular weight excluding hydrogens is 172 g/mol. The first-order valence-electron chi connectivity index (χ1n) is 4.18. The fourth-order valence-electron chi connectivity index (χ4n) is 1.36. The van der Waals surface area contributed by atoms with Gasteiger partial charge in [0.05, 0.1) is 11.6 Å². The van der Waals surface area contributed by atoms with Gasteiger partial charge in [-0.15, -0.1) is 0 Å². The lowest BCUT2D eigenvalue weighted by Gasteiger charge is -2.27. The van der Waals surface area contributed by atoms with Gasteiger partial charge in [0.15, 0.2) is 5.11 Å². The average Bonchev–Trinajstić information content (AvgIpc) is 2.31. The average molecular weight is 188 g/mol. The lowest BCUT2D eigenvalue weighted by atomic mass is 9.99. The molecule has 12 heavy (non-hydrogen) atoms. The Morgan fingerprint density at radius 1 is 1.58 bits per heavy atom. The molecule has 0 radical (unpaired) electrons. The van der Waals surface area contributed by atoms with E-state index in [0.717, 1.165) is 13.0 Å². The number of thiocarbonyl (C=S) groups is 1. The Bertz CT molecular complexity index is 182. The van der Waals surface area contributed by atoms with Gasteiger partial charge in [-0.3, -0.25) is 0 Å². The van der Waals surface area contributed by atoms with Crippen LogP contribution in [0.3, 0.4) is 0 Å². The Morgan fingerprint density at radius 3 is 2.67 bits per heavy atom.